The number of amides is 2. The van der Waals surface area contributed by atoms with E-state index in [9.17, 15) is 19.5 Å². The summed E-state index contributed by atoms with van der Waals surface area (Å²) in [5, 5.41) is 10.5. The van der Waals surface area contributed by atoms with Gasteiger partial charge in [-0.05, 0) is 31.7 Å². The molecule has 3 fully saturated rings. The molecule has 4 rings (SSSR count). The van der Waals surface area contributed by atoms with Crippen molar-refractivity contribution in [1.82, 2.24) is 9.80 Å². The maximum atomic E-state index is 14.3. The number of carbonyl (C=O) groups excluding carboxylic acids is 3. The average Bonchev–Trinajstić information content (AvgIpc) is 3.47. The van der Waals surface area contributed by atoms with Gasteiger partial charge in [-0.1, -0.05) is 62.4 Å². The predicted octanol–water partition coefficient (Wildman–Crippen LogP) is 3.03. The lowest BCUT2D eigenvalue weighted by atomic mass is 9.66. The van der Waals surface area contributed by atoms with Gasteiger partial charge in [-0.15, -0.1) is 6.58 Å². The summed E-state index contributed by atoms with van der Waals surface area (Å²) in [6, 6.07) is 7.42. The van der Waals surface area contributed by atoms with E-state index in [1.165, 1.54) is 11.0 Å². The van der Waals surface area contributed by atoms with Gasteiger partial charge >= 0.3 is 5.97 Å². The zero-order chi connectivity index (χ0) is 26.8. The first kappa shape index (κ1) is 27.1. The van der Waals surface area contributed by atoms with Gasteiger partial charge in [0.2, 0.25) is 11.8 Å². The fraction of sp³-hybridized carbons (Fsp3) is 0.552. The van der Waals surface area contributed by atoms with E-state index in [0.29, 0.717) is 31.5 Å². The summed E-state index contributed by atoms with van der Waals surface area (Å²) in [4.78, 5) is 45.1. The van der Waals surface area contributed by atoms with Gasteiger partial charge in [0.15, 0.2) is 0 Å². The summed E-state index contributed by atoms with van der Waals surface area (Å²) < 4.78 is 12.1. The maximum Gasteiger partial charge on any atom is 0.313 e. The van der Waals surface area contributed by atoms with Gasteiger partial charge in [0, 0.05) is 13.1 Å². The third kappa shape index (κ3) is 4.40. The molecule has 3 heterocycles. The summed E-state index contributed by atoms with van der Waals surface area (Å²) in [6.45, 7) is 11.8. The van der Waals surface area contributed by atoms with Crippen molar-refractivity contribution in [2.24, 2.45) is 11.8 Å². The molecule has 3 saturated heterocycles. The van der Waals surface area contributed by atoms with Gasteiger partial charge < -0.3 is 24.4 Å². The van der Waals surface area contributed by atoms with E-state index < -0.39 is 41.1 Å². The highest BCUT2D eigenvalue weighted by Crippen LogP contribution is 2.64. The van der Waals surface area contributed by atoms with Crippen molar-refractivity contribution in [1.29, 1.82) is 0 Å². The minimum Gasteiger partial charge on any atom is -0.461 e. The van der Waals surface area contributed by atoms with Crippen LogP contribution in [0.3, 0.4) is 0 Å². The second kappa shape index (κ2) is 10.8. The zero-order valence-electron chi connectivity index (χ0n) is 21.8. The second-order valence-corrected chi connectivity index (χ2v) is 10.4. The number of fused-ring (bicyclic) bond motifs is 1. The minimum atomic E-state index is -1.19. The quantitative estimate of drug-likeness (QED) is 0.343. The van der Waals surface area contributed by atoms with E-state index in [0.717, 1.165) is 12.8 Å². The number of nitrogens with zero attached hydrogens (tertiary/aromatic N) is 2. The average molecular weight is 511 g/mol. The predicted molar refractivity (Wildman–Crippen MR) is 138 cm³/mol. The molecule has 1 N–H and O–H groups in total. The minimum absolute atomic E-state index is 0.0266. The van der Waals surface area contributed by atoms with Gasteiger partial charge in [-0.2, -0.15) is 0 Å². The molecule has 8 heteroatoms. The van der Waals surface area contributed by atoms with E-state index in [2.05, 4.69) is 20.1 Å². The monoisotopic (exact) mass is 510 g/mol. The summed E-state index contributed by atoms with van der Waals surface area (Å²) in [5.41, 5.74) is -1.39. The molecule has 1 aromatic rings. The Bertz CT molecular complexity index is 1040. The van der Waals surface area contributed by atoms with Crippen molar-refractivity contribution in [2.75, 3.05) is 26.3 Å². The van der Waals surface area contributed by atoms with E-state index in [1.807, 2.05) is 37.3 Å². The van der Waals surface area contributed by atoms with Crippen molar-refractivity contribution in [3.8, 4) is 0 Å². The number of esters is 1. The summed E-state index contributed by atoms with van der Waals surface area (Å²) >= 11 is 0. The SMILES string of the molecule is C=CCOC(=O)[C@H]1[C@H]2C(=O)N([C@H](CO)c3ccccc3)C(C(=O)N(CC=C)CCCC)C23CC[C@]1(C)O3. The van der Waals surface area contributed by atoms with Crippen LogP contribution >= 0.6 is 0 Å². The van der Waals surface area contributed by atoms with Crippen molar-refractivity contribution in [2.45, 2.75) is 62.8 Å². The van der Waals surface area contributed by atoms with Crippen LogP contribution in [0.15, 0.2) is 55.6 Å². The molecule has 37 heavy (non-hydrogen) atoms. The van der Waals surface area contributed by atoms with E-state index in [-0.39, 0.29) is 25.0 Å². The van der Waals surface area contributed by atoms with Crippen molar-refractivity contribution >= 4 is 17.8 Å². The maximum absolute atomic E-state index is 14.3. The number of hydrogen-bond acceptors (Lipinski definition) is 6. The zero-order valence-corrected chi connectivity index (χ0v) is 21.8. The topological polar surface area (TPSA) is 96.4 Å². The van der Waals surface area contributed by atoms with Crippen LogP contribution in [0.2, 0.25) is 0 Å². The number of aliphatic hydroxyl groups is 1. The number of rotatable bonds is 12. The summed E-state index contributed by atoms with van der Waals surface area (Å²) in [5.74, 6) is -2.87. The highest BCUT2D eigenvalue weighted by molar-refractivity contribution is 5.98. The number of benzene rings is 1. The molecule has 1 aromatic carbocycles. The number of hydrogen-bond donors (Lipinski definition) is 1. The third-order valence-electron chi connectivity index (χ3n) is 8.18. The van der Waals surface area contributed by atoms with Crippen LogP contribution in [0.25, 0.3) is 0 Å². The molecule has 1 spiro atoms. The smallest absolute Gasteiger partial charge is 0.313 e. The standard InChI is InChI=1S/C29H38N2O6/c1-5-8-17-30(16-6-2)26(34)24-29-15-14-28(4,37-29)23(27(35)36-18-7-3)22(29)25(33)31(24)21(19-32)20-12-10-9-11-13-20/h6-7,9-13,21-24,32H,2-3,5,8,14-19H2,1,4H3/t21-,22+,23-,24?,28+,29?/m1/s1. The van der Waals surface area contributed by atoms with Crippen LogP contribution < -0.4 is 0 Å². The number of carbonyl (C=O) groups is 3. The molecule has 3 aliphatic heterocycles. The van der Waals surface area contributed by atoms with Crippen LogP contribution in [0.4, 0.5) is 0 Å². The van der Waals surface area contributed by atoms with Crippen LogP contribution in [-0.2, 0) is 23.9 Å². The number of likely N-dealkylation sites (tertiary alicyclic amines) is 1. The Morgan fingerprint density at radius 1 is 1.27 bits per heavy atom. The summed E-state index contributed by atoms with van der Waals surface area (Å²) in [6.07, 6.45) is 5.84. The van der Waals surface area contributed by atoms with Gasteiger partial charge in [0.25, 0.3) is 0 Å². The fourth-order valence-electron chi connectivity index (χ4n) is 6.57. The molecular formula is C29H38N2O6. The molecule has 3 aliphatic rings. The Balaban J connectivity index is 1.83. The molecule has 2 bridgehead atoms. The van der Waals surface area contributed by atoms with Crippen molar-refractivity contribution in [3.05, 3.63) is 61.2 Å². The molecule has 200 valence electrons. The Hall–Kier alpha value is -2.97. The molecule has 0 radical (unpaired) electrons. The van der Waals surface area contributed by atoms with Crippen molar-refractivity contribution in [3.63, 3.8) is 0 Å². The number of unbranched alkanes of at least 4 members (excludes halogenated alkanes) is 1. The molecule has 2 unspecified atom stereocenters. The van der Waals surface area contributed by atoms with Gasteiger partial charge in [0.05, 0.1) is 24.2 Å². The molecular weight excluding hydrogens is 472 g/mol. The van der Waals surface area contributed by atoms with Crippen molar-refractivity contribution < 1.29 is 29.0 Å². The van der Waals surface area contributed by atoms with Crippen LogP contribution in [0.5, 0.6) is 0 Å². The number of aliphatic hydroxyl groups excluding tert-OH is 1. The van der Waals surface area contributed by atoms with Crippen LogP contribution in [0.1, 0.15) is 51.1 Å². The lowest BCUT2D eigenvalue weighted by Crippen LogP contribution is -2.57. The lowest BCUT2D eigenvalue weighted by molar-refractivity contribution is -0.161. The molecule has 0 aromatic heterocycles. The third-order valence-corrected chi connectivity index (χ3v) is 8.18. The van der Waals surface area contributed by atoms with Crippen LogP contribution in [0, 0.1) is 11.8 Å². The first-order chi connectivity index (χ1) is 17.8. The summed E-state index contributed by atoms with van der Waals surface area (Å²) in [7, 11) is 0. The fourth-order valence-corrected chi connectivity index (χ4v) is 6.57. The highest BCUT2D eigenvalue weighted by atomic mass is 16.6. The molecule has 2 amide bonds. The first-order valence-corrected chi connectivity index (χ1v) is 13.1. The normalized spacial score (nSPS) is 30.6. The lowest BCUT2D eigenvalue weighted by Gasteiger charge is -2.39. The number of ether oxygens (including phenoxy) is 2. The Kier molecular flexibility index (Phi) is 7.90. The van der Waals surface area contributed by atoms with E-state index >= 15 is 0 Å². The first-order valence-electron chi connectivity index (χ1n) is 13.1. The Morgan fingerprint density at radius 2 is 2.00 bits per heavy atom. The van der Waals surface area contributed by atoms with E-state index in [4.69, 9.17) is 9.47 Å². The highest BCUT2D eigenvalue weighted by Gasteiger charge is 2.79. The molecule has 8 nitrogen and oxygen atoms in total. The Labute approximate surface area is 218 Å². The van der Waals surface area contributed by atoms with Gasteiger partial charge in [-0.25, -0.2) is 0 Å². The second-order valence-electron chi connectivity index (χ2n) is 10.4. The molecule has 0 saturated carbocycles. The van der Waals surface area contributed by atoms with Crippen LogP contribution in [-0.4, -0.2) is 76.2 Å². The van der Waals surface area contributed by atoms with E-state index in [1.54, 1.807) is 11.0 Å². The molecule has 0 aliphatic carbocycles. The Morgan fingerprint density at radius 3 is 2.62 bits per heavy atom. The molecule has 6 atom stereocenters. The van der Waals surface area contributed by atoms with Gasteiger partial charge in [-0.3, -0.25) is 14.4 Å². The van der Waals surface area contributed by atoms with Gasteiger partial charge in [0.1, 0.15) is 24.2 Å². The largest absolute Gasteiger partial charge is 0.461 e.